The van der Waals surface area contributed by atoms with Crippen molar-refractivity contribution in [2.24, 2.45) is 11.8 Å². The minimum absolute atomic E-state index is 0.0129. The Morgan fingerprint density at radius 2 is 1.65 bits per heavy atom. The van der Waals surface area contributed by atoms with Gasteiger partial charge in [-0.1, -0.05) is 75.3 Å². The fraction of sp³-hybridized carbons (Fsp3) is 0.629. The first-order valence-corrected chi connectivity index (χ1v) is 18.4. The summed E-state index contributed by atoms with van der Waals surface area (Å²) in [7, 11) is -3.74. The molecule has 10 nitrogen and oxygen atoms in total. The molecule has 1 heterocycles. The van der Waals surface area contributed by atoms with Crippen LogP contribution in [0.15, 0.2) is 48.4 Å². The van der Waals surface area contributed by atoms with Gasteiger partial charge in [0, 0.05) is 23.9 Å². The Bertz CT molecular complexity index is 1390. The molecule has 0 bridgehead atoms. The van der Waals surface area contributed by atoms with Gasteiger partial charge >= 0.3 is 0 Å². The monoisotopic (exact) mass is 656 g/mol. The Morgan fingerprint density at radius 3 is 2.26 bits per heavy atom. The van der Waals surface area contributed by atoms with Crippen LogP contribution in [0.25, 0.3) is 6.08 Å². The van der Waals surface area contributed by atoms with Gasteiger partial charge < -0.3 is 25.8 Å². The Balaban J connectivity index is 1.60. The van der Waals surface area contributed by atoms with E-state index in [0.29, 0.717) is 23.6 Å². The second-order valence-corrected chi connectivity index (χ2v) is 16.9. The predicted octanol–water partition coefficient (Wildman–Crippen LogP) is 4.10. The summed E-state index contributed by atoms with van der Waals surface area (Å²) in [6.07, 6.45) is 12.2. The summed E-state index contributed by atoms with van der Waals surface area (Å²) in [4.78, 5) is 34.9. The number of nitrogens with zero attached hydrogens (tertiary/aromatic N) is 1. The Kier molecular flexibility index (Phi) is 12.6. The van der Waals surface area contributed by atoms with Crippen LogP contribution in [0.1, 0.15) is 96.2 Å². The maximum atomic E-state index is 14.0. The lowest BCUT2D eigenvalue weighted by Crippen LogP contribution is -2.56. The first-order chi connectivity index (χ1) is 21.8. The minimum atomic E-state index is -3.74. The van der Waals surface area contributed by atoms with E-state index in [2.05, 4.69) is 20.6 Å². The van der Waals surface area contributed by atoms with Crippen LogP contribution in [0, 0.1) is 11.8 Å². The zero-order valence-electron chi connectivity index (χ0n) is 27.5. The van der Waals surface area contributed by atoms with Crippen LogP contribution in [0.2, 0.25) is 0 Å². The molecule has 2 aliphatic carbocycles. The summed E-state index contributed by atoms with van der Waals surface area (Å²) < 4.78 is 25.4. The largest absolute Gasteiger partial charge is 0.390 e. The summed E-state index contributed by atoms with van der Waals surface area (Å²) in [6.45, 7) is 4.77. The number of aromatic amines is 1. The van der Waals surface area contributed by atoms with Crippen molar-refractivity contribution in [2.45, 2.75) is 120 Å². The molecule has 0 saturated heterocycles. The van der Waals surface area contributed by atoms with Crippen molar-refractivity contribution in [3.63, 3.8) is 0 Å². The molecular weight excluding hydrogens is 604 g/mol. The molecule has 11 heteroatoms. The van der Waals surface area contributed by atoms with E-state index in [9.17, 15) is 28.2 Å². The molecule has 5 N–H and O–H groups in total. The number of aliphatic hydroxyl groups excluding tert-OH is 2. The number of aromatic nitrogens is 2. The lowest BCUT2D eigenvalue weighted by Gasteiger charge is -2.35. The SMILES string of the molecule is CC(C)(C)S(=O)(=O)CC(=Cc1ccccc1)C(=O)N[C@@H](Cc1cnc[nH]1)C(=O)N[C@@H](CC1CCCCC1)[C@@H](O)[C@@H](O)C1CCCC1. The maximum absolute atomic E-state index is 14.0. The number of carbonyl (C=O) groups excluding carboxylic acids is 2. The van der Waals surface area contributed by atoms with Gasteiger partial charge in [0.2, 0.25) is 11.8 Å². The Labute approximate surface area is 273 Å². The van der Waals surface area contributed by atoms with Crippen LogP contribution in [0.3, 0.4) is 0 Å². The summed E-state index contributed by atoms with van der Waals surface area (Å²) in [5.41, 5.74) is 1.27. The van der Waals surface area contributed by atoms with Gasteiger partial charge in [0.05, 0.1) is 29.0 Å². The van der Waals surface area contributed by atoms with Crippen LogP contribution in [0.5, 0.6) is 0 Å². The molecular formula is C35H52N4O6S. The molecule has 4 rings (SSSR count). The van der Waals surface area contributed by atoms with Crippen LogP contribution >= 0.6 is 0 Å². The summed E-state index contributed by atoms with van der Waals surface area (Å²) in [5, 5.41) is 28.4. The van der Waals surface area contributed by atoms with Gasteiger partial charge in [0.15, 0.2) is 9.84 Å². The Hall–Kier alpha value is -3.02. The van der Waals surface area contributed by atoms with Crippen molar-refractivity contribution in [3.8, 4) is 0 Å². The van der Waals surface area contributed by atoms with Gasteiger partial charge in [0.1, 0.15) is 12.1 Å². The van der Waals surface area contributed by atoms with E-state index in [1.165, 1.54) is 18.8 Å². The second-order valence-electron chi connectivity index (χ2n) is 14.1. The molecule has 0 aliphatic heterocycles. The number of aliphatic hydroxyl groups is 2. The van der Waals surface area contributed by atoms with Crippen molar-refractivity contribution in [2.75, 3.05) is 5.75 Å². The highest BCUT2D eigenvalue weighted by atomic mass is 32.2. The van der Waals surface area contributed by atoms with E-state index >= 15 is 0 Å². The number of hydrogen-bond acceptors (Lipinski definition) is 7. The van der Waals surface area contributed by atoms with E-state index in [0.717, 1.165) is 51.4 Å². The molecule has 1 aromatic carbocycles. The van der Waals surface area contributed by atoms with Crippen molar-refractivity contribution in [3.05, 3.63) is 59.7 Å². The standard InChI is InChI=1S/C35H52N4O6S/c1-35(2,3)46(44,45)22-27(18-24-12-6-4-7-13-24)33(42)39-30(20-28-21-36-23-37-28)34(43)38-29(19-25-14-8-5-9-15-25)32(41)31(40)26-16-10-11-17-26/h4,6-7,12-13,18,21,23,25-26,29-32,40-41H,5,8-11,14-17,19-20,22H2,1-3H3,(H,36,37)(H,38,43)(H,39,42)/t29-,30-,31-,32+/m0/s1. The second kappa shape index (κ2) is 16.2. The highest BCUT2D eigenvalue weighted by molar-refractivity contribution is 7.92. The van der Waals surface area contributed by atoms with Crippen molar-refractivity contribution in [1.82, 2.24) is 20.6 Å². The highest BCUT2D eigenvalue weighted by Gasteiger charge is 2.38. The number of hydrogen-bond donors (Lipinski definition) is 5. The number of rotatable bonds is 14. The van der Waals surface area contributed by atoms with E-state index in [1.807, 2.05) is 6.07 Å². The lowest BCUT2D eigenvalue weighted by atomic mass is 9.81. The summed E-state index contributed by atoms with van der Waals surface area (Å²) in [6, 6.07) is 7.17. The zero-order chi connectivity index (χ0) is 33.3. The molecule has 4 atom stereocenters. The number of amides is 2. The average molecular weight is 657 g/mol. The number of carbonyl (C=O) groups is 2. The maximum Gasteiger partial charge on any atom is 0.248 e. The first-order valence-electron chi connectivity index (χ1n) is 16.8. The molecule has 2 aliphatic rings. The molecule has 2 saturated carbocycles. The molecule has 254 valence electrons. The first kappa shape index (κ1) is 35.8. The quantitative estimate of drug-likeness (QED) is 0.191. The van der Waals surface area contributed by atoms with Gasteiger partial charge in [-0.2, -0.15) is 0 Å². The minimum Gasteiger partial charge on any atom is -0.390 e. The van der Waals surface area contributed by atoms with Gasteiger partial charge in [-0.3, -0.25) is 9.59 Å². The van der Waals surface area contributed by atoms with Crippen molar-refractivity contribution >= 4 is 27.7 Å². The molecule has 2 aromatic rings. The normalized spacial score (nSPS) is 19.7. The smallest absolute Gasteiger partial charge is 0.248 e. The lowest BCUT2D eigenvalue weighted by molar-refractivity contribution is -0.129. The predicted molar refractivity (Wildman–Crippen MR) is 179 cm³/mol. The molecule has 2 fully saturated rings. The van der Waals surface area contributed by atoms with Gasteiger partial charge in [-0.05, 0) is 63.5 Å². The molecule has 0 spiro atoms. The number of imidazole rings is 1. The topological polar surface area (TPSA) is 161 Å². The van der Waals surface area contributed by atoms with E-state index in [-0.39, 0.29) is 17.9 Å². The van der Waals surface area contributed by atoms with Crippen LogP contribution in [-0.4, -0.2) is 75.2 Å². The molecule has 2 amide bonds. The van der Waals surface area contributed by atoms with E-state index in [4.69, 9.17) is 0 Å². The third-order valence-corrected chi connectivity index (χ3v) is 12.2. The number of benzene rings is 1. The van der Waals surface area contributed by atoms with E-state index in [1.54, 1.807) is 51.2 Å². The fourth-order valence-corrected chi connectivity index (χ4v) is 7.64. The zero-order valence-corrected chi connectivity index (χ0v) is 28.3. The van der Waals surface area contributed by atoms with Crippen LogP contribution in [-0.2, 0) is 25.8 Å². The van der Waals surface area contributed by atoms with Gasteiger partial charge in [0.25, 0.3) is 0 Å². The number of H-pyrrole nitrogens is 1. The molecule has 46 heavy (non-hydrogen) atoms. The molecule has 0 unspecified atom stereocenters. The van der Waals surface area contributed by atoms with Crippen molar-refractivity contribution in [1.29, 1.82) is 0 Å². The fourth-order valence-electron chi connectivity index (χ4n) is 6.59. The third kappa shape index (κ3) is 9.99. The van der Waals surface area contributed by atoms with Gasteiger partial charge in [-0.15, -0.1) is 0 Å². The number of sulfone groups is 1. The van der Waals surface area contributed by atoms with Gasteiger partial charge in [-0.25, -0.2) is 13.4 Å². The summed E-state index contributed by atoms with van der Waals surface area (Å²) >= 11 is 0. The highest BCUT2D eigenvalue weighted by Crippen LogP contribution is 2.33. The third-order valence-electron chi connectivity index (χ3n) is 9.60. The van der Waals surface area contributed by atoms with E-state index < -0.39 is 56.4 Å². The van der Waals surface area contributed by atoms with Crippen LogP contribution < -0.4 is 10.6 Å². The summed E-state index contributed by atoms with van der Waals surface area (Å²) in [5.74, 6) is -1.40. The number of nitrogens with one attached hydrogen (secondary N) is 3. The average Bonchev–Trinajstić information content (AvgIpc) is 3.75. The van der Waals surface area contributed by atoms with Crippen molar-refractivity contribution < 1.29 is 28.2 Å². The molecule has 1 aromatic heterocycles. The van der Waals surface area contributed by atoms with Crippen LogP contribution in [0.4, 0.5) is 0 Å². The Morgan fingerprint density at radius 1 is 1.00 bits per heavy atom. The molecule has 0 radical (unpaired) electrons.